The van der Waals surface area contributed by atoms with Gasteiger partial charge in [0.05, 0.1) is 23.3 Å². The van der Waals surface area contributed by atoms with Gasteiger partial charge in [0.25, 0.3) is 11.8 Å². The van der Waals surface area contributed by atoms with Crippen molar-refractivity contribution in [2.75, 3.05) is 7.11 Å². The van der Waals surface area contributed by atoms with Crippen molar-refractivity contribution in [2.24, 2.45) is 4.99 Å². The summed E-state index contributed by atoms with van der Waals surface area (Å²) in [4.78, 5) is 43.3. The molecular weight excluding hydrogens is 440 g/mol. The van der Waals surface area contributed by atoms with Gasteiger partial charge >= 0.3 is 5.97 Å². The summed E-state index contributed by atoms with van der Waals surface area (Å²) in [6, 6.07) is 21.5. The van der Waals surface area contributed by atoms with Crippen LogP contribution in [0.25, 0.3) is 6.08 Å². The van der Waals surface area contributed by atoms with Crippen LogP contribution < -0.4 is 4.74 Å². The predicted octanol–water partition coefficient (Wildman–Crippen LogP) is 4.84. The number of nitrogens with zero attached hydrogens (tertiary/aromatic N) is 2. The number of hydrogen-bond donors (Lipinski definition) is 1. The maximum atomic E-state index is 13.2. The Hall–Kier alpha value is -4.17. The first-order chi connectivity index (χ1) is 16.0. The molecule has 1 aliphatic heterocycles. The van der Waals surface area contributed by atoms with Gasteiger partial charge in [0.2, 0.25) is 0 Å². The van der Waals surface area contributed by atoms with Crippen molar-refractivity contribution in [3.63, 3.8) is 0 Å². The molecule has 0 unspecified atom stereocenters. The van der Waals surface area contributed by atoms with Gasteiger partial charge in [-0.25, -0.2) is 14.7 Å². The smallest absolute Gasteiger partial charge is 0.335 e. The van der Waals surface area contributed by atoms with Crippen LogP contribution in [0.15, 0.2) is 88.8 Å². The molecule has 33 heavy (non-hydrogen) atoms. The predicted molar refractivity (Wildman–Crippen MR) is 127 cm³/mol. The third-order valence-electron chi connectivity index (χ3n) is 4.78. The van der Waals surface area contributed by atoms with Crippen molar-refractivity contribution in [3.05, 3.63) is 100 Å². The lowest BCUT2D eigenvalue weighted by atomic mass is 10.2. The number of aromatic carboxylic acids is 1. The van der Waals surface area contributed by atoms with Crippen molar-refractivity contribution >= 4 is 46.5 Å². The molecule has 2 amide bonds. The zero-order valence-electron chi connectivity index (χ0n) is 17.5. The fraction of sp³-hybridized carbons (Fsp3) is 0.0400. The Labute approximate surface area is 194 Å². The topological polar surface area (TPSA) is 96.3 Å². The molecule has 164 valence electrons. The van der Waals surface area contributed by atoms with Gasteiger partial charge in [-0.1, -0.05) is 30.3 Å². The number of carboxylic acid groups (broad SMARTS) is 1. The lowest BCUT2D eigenvalue weighted by Crippen LogP contribution is -2.35. The van der Waals surface area contributed by atoms with E-state index < -0.39 is 17.8 Å². The largest absolute Gasteiger partial charge is 0.497 e. The summed E-state index contributed by atoms with van der Waals surface area (Å²) in [5, 5.41) is 9.28. The lowest BCUT2D eigenvalue weighted by molar-refractivity contribution is -0.120. The summed E-state index contributed by atoms with van der Waals surface area (Å²) in [7, 11) is 1.57. The molecule has 1 aliphatic rings. The Morgan fingerprint density at radius 3 is 2.21 bits per heavy atom. The third-order valence-corrected chi connectivity index (χ3v) is 5.75. The molecule has 7 nitrogen and oxygen atoms in total. The monoisotopic (exact) mass is 458 g/mol. The average molecular weight is 458 g/mol. The minimum absolute atomic E-state index is 0.117. The van der Waals surface area contributed by atoms with E-state index >= 15 is 0 Å². The Morgan fingerprint density at radius 2 is 1.61 bits per heavy atom. The molecular formula is C25H18N2O5S. The maximum Gasteiger partial charge on any atom is 0.335 e. The second-order valence-corrected chi connectivity index (χ2v) is 7.95. The molecule has 4 rings (SSSR count). The number of thioether (sulfide) groups is 1. The number of amides is 2. The summed E-state index contributed by atoms with van der Waals surface area (Å²) >= 11 is 1.08. The van der Waals surface area contributed by atoms with E-state index in [9.17, 15) is 14.4 Å². The van der Waals surface area contributed by atoms with Gasteiger partial charge in [-0.15, -0.1) is 0 Å². The van der Waals surface area contributed by atoms with Gasteiger partial charge in [0, 0.05) is 5.56 Å². The van der Waals surface area contributed by atoms with Crippen molar-refractivity contribution in [3.8, 4) is 5.75 Å². The minimum Gasteiger partial charge on any atom is -0.497 e. The maximum absolute atomic E-state index is 13.2. The van der Waals surface area contributed by atoms with E-state index in [2.05, 4.69) is 4.99 Å². The molecule has 1 fully saturated rings. The van der Waals surface area contributed by atoms with Crippen molar-refractivity contribution in [2.45, 2.75) is 0 Å². The number of benzene rings is 3. The van der Waals surface area contributed by atoms with Gasteiger partial charge in [-0.2, -0.15) is 0 Å². The molecule has 0 bridgehead atoms. The van der Waals surface area contributed by atoms with Crippen LogP contribution in [0.4, 0.5) is 5.69 Å². The number of carbonyl (C=O) groups is 3. The zero-order chi connectivity index (χ0) is 23.4. The second kappa shape index (κ2) is 9.54. The Kier molecular flexibility index (Phi) is 6.37. The SMILES string of the molecule is COc1ccc(/C=C2/SC(=Nc3ccc(C(=O)O)cc3)N(C(=O)c3ccccc3)C2=O)cc1. The highest BCUT2D eigenvalue weighted by atomic mass is 32.2. The van der Waals surface area contributed by atoms with Crippen LogP contribution in [0.5, 0.6) is 5.75 Å². The first-order valence-corrected chi connectivity index (χ1v) is 10.7. The number of imide groups is 1. The number of amidine groups is 1. The van der Waals surface area contributed by atoms with Gasteiger partial charge < -0.3 is 9.84 Å². The van der Waals surface area contributed by atoms with E-state index in [1.54, 1.807) is 55.7 Å². The molecule has 0 aliphatic carbocycles. The first kappa shape index (κ1) is 22.0. The van der Waals surface area contributed by atoms with Gasteiger partial charge in [-0.05, 0) is 71.9 Å². The standard InChI is InChI=1S/C25H18N2O5S/c1-32-20-13-7-16(8-14-20)15-21-23(29)27(22(28)17-5-3-2-4-6-17)25(33-21)26-19-11-9-18(10-12-19)24(30)31/h2-15H,1H3,(H,30,31)/b21-15+,26-25?. The third kappa shape index (κ3) is 4.86. The van der Waals surface area contributed by atoms with E-state index in [1.807, 2.05) is 12.1 Å². The van der Waals surface area contributed by atoms with E-state index in [4.69, 9.17) is 9.84 Å². The van der Waals surface area contributed by atoms with Crippen LogP contribution in [0.1, 0.15) is 26.3 Å². The van der Waals surface area contributed by atoms with Gasteiger partial charge in [0.1, 0.15) is 5.75 Å². The molecule has 8 heteroatoms. The fourth-order valence-electron chi connectivity index (χ4n) is 3.08. The second-order valence-electron chi connectivity index (χ2n) is 6.94. The normalized spacial score (nSPS) is 15.8. The average Bonchev–Trinajstić information content (AvgIpc) is 3.14. The number of ether oxygens (including phenoxy) is 1. The molecule has 0 radical (unpaired) electrons. The molecule has 0 saturated carbocycles. The molecule has 0 aromatic heterocycles. The fourth-order valence-corrected chi connectivity index (χ4v) is 4.06. The van der Waals surface area contributed by atoms with E-state index in [-0.39, 0.29) is 10.7 Å². The molecule has 1 heterocycles. The van der Waals surface area contributed by atoms with E-state index in [1.165, 1.54) is 24.3 Å². The number of carbonyl (C=O) groups excluding carboxylic acids is 2. The van der Waals surface area contributed by atoms with Crippen molar-refractivity contribution < 1.29 is 24.2 Å². The van der Waals surface area contributed by atoms with Crippen LogP contribution in [0.2, 0.25) is 0 Å². The van der Waals surface area contributed by atoms with E-state index in [0.717, 1.165) is 22.2 Å². The number of methoxy groups -OCH3 is 1. The molecule has 1 saturated heterocycles. The molecule has 3 aromatic rings. The summed E-state index contributed by atoms with van der Waals surface area (Å²) in [6.07, 6.45) is 1.69. The van der Waals surface area contributed by atoms with Crippen LogP contribution in [-0.4, -0.2) is 40.1 Å². The molecule has 0 spiro atoms. The minimum atomic E-state index is -1.05. The zero-order valence-corrected chi connectivity index (χ0v) is 18.3. The number of hydrogen-bond acceptors (Lipinski definition) is 6. The Balaban J connectivity index is 1.72. The number of aliphatic imine (C=N–C) groups is 1. The highest BCUT2D eigenvalue weighted by Gasteiger charge is 2.38. The quantitative estimate of drug-likeness (QED) is 0.434. The lowest BCUT2D eigenvalue weighted by Gasteiger charge is -2.13. The molecule has 1 N–H and O–H groups in total. The van der Waals surface area contributed by atoms with Gasteiger partial charge in [0.15, 0.2) is 5.17 Å². The Morgan fingerprint density at radius 1 is 0.939 bits per heavy atom. The first-order valence-electron chi connectivity index (χ1n) is 9.86. The number of rotatable bonds is 5. The van der Waals surface area contributed by atoms with Gasteiger partial charge in [-0.3, -0.25) is 9.59 Å². The van der Waals surface area contributed by atoms with Crippen molar-refractivity contribution in [1.82, 2.24) is 4.90 Å². The summed E-state index contributed by atoms with van der Waals surface area (Å²) in [6.45, 7) is 0. The van der Waals surface area contributed by atoms with Crippen LogP contribution >= 0.6 is 11.8 Å². The van der Waals surface area contributed by atoms with Crippen LogP contribution in [0.3, 0.4) is 0 Å². The van der Waals surface area contributed by atoms with Crippen LogP contribution in [-0.2, 0) is 4.79 Å². The molecule has 3 aromatic carbocycles. The van der Waals surface area contributed by atoms with Crippen LogP contribution in [0, 0.1) is 0 Å². The summed E-state index contributed by atoms with van der Waals surface area (Å²) in [5.41, 5.74) is 1.66. The number of carboxylic acids is 1. The van der Waals surface area contributed by atoms with E-state index in [0.29, 0.717) is 21.9 Å². The highest BCUT2D eigenvalue weighted by molar-refractivity contribution is 8.18. The Bertz CT molecular complexity index is 1270. The summed E-state index contributed by atoms with van der Waals surface area (Å²) < 4.78 is 5.16. The van der Waals surface area contributed by atoms with Crippen molar-refractivity contribution in [1.29, 1.82) is 0 Å². The highest BCUT2D eigenvalue weighted by Crippen LogP contribution is 2.35. The summed E-state index contributed by atoms with van der Waals surface area (Å²) in [5.74, 6) is -1.33. The molecule has 0 atom stereocenters.